The van der Waals surface area contributed by atoms with Gasteiger partial charge in [0.15, 0.2) is 0 Å². The van der Waals surface area contributed by atoms with Crippen LogP contribution in [0.3, 0.4) is 0 Å². The Morgan fingerprint density at radius 1 is 1.28 bits per heavy atom. The number of benzene rings is 1. The predicted octanol–water partition coefficient (Wildman–Crippen LogP) is 3.69. The van der Waals surface area contributed by atoms with Crippen LogP contribution >= 0.6 is 0 Å². The molecular weight excluding hydrogens is 312 g/mol. The second-order valence-corrected chi connectivity index (χ2v) is 7.68. The number of hydrogen-bond donors (Lipinski definition) is 2. The molecule has 0 spiro atoms. The highest BCUT2D eigenvalue weighted by Gasteiger charge is 2.43. The molecule has 1 aromatic carbocycles. The lowest BCUT2D eigenvalue weighted by molar-refractivity contribution is -0.122. The Morgan fingerprint density at radius 2 is 2.12 bits per heavy atom. The fourth-order valence-corrected chi connectivity index (χ4v) is 4.53. The van der Waals surface area contributed by atoms with Crippen molar-refractivity contribution in [3.63, 3.8) is 0 Å². The van der Waals surface area contributed by atoms with Crippen LogP contribution in [0.15, 0.2) is 18.3 Å². The molecule has 5 heteroatoms. The standard InChI is InChI=1S/C20H22N4O/c1-4-24-16-8-13-12-7-5-6-11-10-21-23-17(11)18(12)22-15(13)9-14(16)20(2,3)19(24)25/h8-10,22H,4-7H2,1-3H3,(H,21,23). The van der Waals surface area contributed by atoms with Gasteiger partial charge in [0.05, 0.1) is 11.1 Å². The van der Waals surface area contributed by atoms with Gasteiger partial charge in [-0.1, -0.05) is 0 Å². The van der Waals surface area contributed by atoms with Crippen LogP contribution in [0, 0.1) is 0 Å². The smallest absolute Gasteiger partial charge is 0.237 e. The number of anilines is 1. The van der Waals surface area contributed by atoms with Crippen LogP contribution in [-0.4, -0.2) is 27.6 Å². The first-order chi connectivity index (χ1) is 12.0. The SMILES string of the molecule is CCN1C(=O)C(C)(C)c2cc3[nH]c4c(c3cc21)CCCc1c[nH]nc1-4. The summed E-state index contributed by atoms with van der Waals surface area (Å²) in [6.45, 7) is 6.79. The topological polar surface area (TPSA) is 64.8 Å². The van der Waals surface area contributed by atoms with E-state index in [2.05, 4.69) is 27.3 Å². The lowest BCUT2D eigenvalue weighted by Crippen LogP contribution is -2.35. The zero-order valence-electron chi connectivity index (χ0n) is 14.9. The normalized spacial score (nSPS) is 18.2. The van der Waals surface area contributed by atoms with Gasteiger partial charge >= 0.3 is 0 Å². The van der Waals surface area contributed by atoms with E-state index in [4.69, 9.17) is 0 Å². The van der Waals surface area contributed by atoms with Gasteiger partial charge in [-0.25, -0.2) is 0 Å². The number of amides is 1. The first-order valence-electron chi connectivity index (χ1n) is 9.06. The van der Waals surface area contributed by atoms with E-state index in [0.717, 1.165) is 47.4 Å². The Balaban J connectivity index is 1.81. The monoisotopic (exact) mass is 334 g/mol. The van der Waals surface area contributed by atoms with Crippen molar-refractivity contribution in [2.45, 2.75) is 45.4 Å². The summed E-state index contributed by atoms with van der Waals surface area (Å²) in [5.74, 6) is 0.193. The van der Waals surface area contributed by atoms with Gasteiger partial charge in [-0.15, -0.1) is 0 Å². The first kappa shape index (κ1) is 14.8. The molecule has 0 fully saturated rings. The van der Waals surface area contributed by atoms with Crippen molar-refractivity contribution in [1.82, 2.24) is 15.2 Å². The van der Waals surface area contributed by atoms with E-state index in [0.29, 0.717) is 6.54 Å². The number of aromatic amines is 2. The number of aromatic nitrogens is 3. The van der Waals surface area contributed by atoms with Gasteiger partial charge < -0.3 is 9.88 Å². The van der Waals surface area contributed by atoms with E-state index in [1.165, 1.54) is 16.5 Å². The number of aryl methyl sites for hydroxylation is 2. The molecule has 25 heavy (non-hydrogen) atoms. The molecule has 0 saturated carbocycles. The van der Waals surface area contributed by atoms with Gasteiger partial charge in [0.2, 0.25) is 5.91 Å². The van der Waals surface area contributed by atoms with E-state index in [1.807, 2.05) is 31.9 Å². The average Bonchev–Trinajstić information content (AvgIpc) is 3.20. The fourth-order valence-electron chi connectivity index (χ4n) is 4.53. The highest BCUT2D eigenvalue weighted by atomic mass is 16.2. The van der Waals surface area contributed by atoms with E-state index in [1.54, 1.807) is 0 Å². The predicted molar refractivity (Wildman–Crippen MR) is 99.0 cm³/mol. The molecule has 0 unspecified atom stereocenters. The molecule has 2 aromatic heterocycles. The second-order valence-electron chi connectivity index (χ2n) is 7.68. The molecule has 1 aliphatic heterocycles. The van der Waals surface area contributed by atoms with Crippen molar-refractivity contribution >= 4 is 22.5 Å². The summed E-state index contributed by atoms with van der Waals surface area (Å²) in [7, 11) is 0. The number of hydrogen-bond acceptors (Lipinski definition) is 2. The number of rotatable bonds is 1. The van der Waals surface area contributed by atoms with Crippen LogP contribution in [0.25, 0.3) is 22.3 Å². The lowest BCUT2D eigenvalue weighted by atomic mass is 9.85. The number of carbonyl (C=O) groups excluding carboxylic acids is 1. The summed E-state index contributed by atoms with van der Waals surface area (Å²) in [6.07, 6.45) is 5.21. The van der Waals surface area contributed by atoms with Crippen LogP contribution < -0.4 is 4.90 Å². The summed E-state index contributed by atoms with van der Waals surface area (Å²) < 4.78 is 0. The third kappa shape index (κ3) is 1.78. The highest BCUT2D eigenvalue weighted by molar-refractivity contribution is 6.10. The number of nitrogens with one attached hydrogen (secondary N) is 2. The molecule has 0 radical (unpaired) electrons. The zero-order chi connectivity index (χ0) is 17.3. The van der Waals surface area contributed by atoms with Crippen molar-refractivity contribution < 1.29 is 4.79 Å². The molecule has 128 valence electrons. The Labute approximate surface area is 146 Å². The van der Waals surface area contributed by atoms with Crippen molar-refractivity contribution in [3.05, 3.63) is 35.0 Å². The third-order valence-electron chi connectivity index (χ3n) is 5.91. The van der Waals surface area contributed by atoms with Crippen LogP contribution in [0.4, 0.5) is 5.69 Å². The van der Waals surface area contributed by atoms with E-state index >= 15 is 0 Å². The minimum atomic E-state index is -0.473. The summed E-state index contributed by atoms with van der Waals surface area (Å²) in [4.78, 5) is 18.3. The maximum Gasteiger partial charge on any atom is 0.237 e. The van der Waals surface area contributed by atoms with Crippen LogP contribution in [-0.2, 0) is 23.1 Å². The van der Waals surface area contributed by atoms with Gasteiger partial charge in [0, 0.05) is 29.3 Å². The molecule has 1 aliphatic carbocycles. The van der Waals surface area contributed by atoms with Gasteiger partial charge in [0.25, 0.3) is 0 Å². The molecular formula is C20H22N4O. The fraction of sp³-hybridized carbons (Fsp3) is 0.400. The van der Waals surface area contributed by atoms with Crippen LogP contribution in [0.2, 0.25) is 0 Å². The minimum absolute atomic E-state index is 0.193. The number of nitrogens with zero attached hydrogens (tertiary/aromatic N) is 2. The summed E-state index contributed by atoms with van der Waals surface area (Å²) in [5, 5.41) is 8.72. The average molecular weight is 334 g/mol. The molecule has 1 amide bonds. The van der Waals surface area contributed by atoms with E-state index in [9.17, 15) is 4.79 Å². The molecule has 3 aromatic rings. The van der Waals surface area contributed by atoms with E-state index in [-0.39, 0.29) is 5.91 Å². The Bertz CT molecular complexity index is 1020. The van der Waals surface area contributed by atoms with Gasteiger partial charge in [-0.05, 0) is 68.9 Å². The molecule has 5 rings (SSSR count). The van der Waals surface area contributed by atoms with Crippen molar-refractivity contribution in [1.29, 1.82) is 0 Å². The molecule has 5 nitrogen and oxygen atoms in total. The molecule has 2 N–H and O–H groups in total. The van der Waals surface area contributed by atoms with E-state index < -0.39 is 5.41 Å². The molecule has 0 saturated heterocycles. The quantitative estimate of drug-likeness (QED) is 0.713. The molecule has 2 aliphatic rings. The Morgan fingerprint density at radius 3 is 2.92 bits per heavy atom. The second kappa shape index (κ2) is 4.75. The van der Waals surface area contributed by atoms with Crippen molar-refractivity contribution in [2.24, 2.45) is 0 Å². The number of H-pyrrole nitrogens is 2. The van der Waals surface area contributed by atoms with Crippen molar-refractivity contribution in [2.75, 3.05) is 11.4 Å². The zero-order valence-corrected chi connectivity index (χ0v) is 14.9. The maximum atomic E-state index is 12.8. The molecule has 0 bridgehead atoms. The van der Waals surface area contributed by atoms with Crippen molar-refractivity contribution in [3.8, 4) is 11.4 Å². The molecule has 3 heterocycles. The lowest BCUT2D eigenvalue weighted by Gasteiger charge is -2.18. The van der Waals surface area contributed by atoms with Gasteiger partial charge in [-0.3, -0.25) is 9.89 Å². The Hall–Kier alpha value is -2.56. The van der Waals surface area contributed by atoms with Crippen LogP contribution in [0.5, 0.6) is 0 Å². The Kier molecular flexibility index (Phi) is 2.80. The third-order valence-corrected chi connectivity index (χ3v) is 5.91. The highest BCUT2D eigenvalue weighted by Crippen LogP contribution is 2.45. The number of likely N-dealkylation sites (N-methyl/N-ethyl adjacent to an activating group) is 1. The minimum Gasteiger partial charge on any atom is -0.353 e. The van der Waals surface area contributed by atoms with Gasteiger partial charge in [-0.2, -0.15) is 5.10 Å². The first-order valence-corrected chi connectivity index (χ1v) is 9.06. The summed E-state index contributed by atoms with van der Waals surface area (Å²) in [6, 6.07) is 4.40. The number of carbonyl (C=O) groups is 1. The summed E-state index contributed by atoms with van der Waals surface area (Å²) >= 11 is 0. The summed E-state index contributed by atoms with van der Waals surface area (Å²) in [5.41, 5.74) is 7.62. The van der Waals surface area contributed by atoms with Gasteiger partial charge in [0.1, 0.15) is 5.69 Å². The molecule has 0 atom stereocenters. The maximum absolute atomic E-state index is 12.8. The number of fused-ring (bicyclic) bond motifs is 6. The largest absolute Gasteiger partial charge is 0.353 e. The van der Waals surface area contributed by atoms with Crippen LogP contribution in [0.1, 0.15) is 43.9 Å².